The Morgan fingerprint density at radius 1 is 1.18 bits per heavy atom. The van der Waals surface area contributed by atoms with Gasteiger partial charge in [0.2, 0.25) is 5.91 Å². The van der Waals surface area contributed by atoms with Crippen LogP contribution in [0.4, 0.5) is 5.69 Å². The van der Waals surface area contributed by atoms with Gasteiger partial charge in [-0.05, 0) is 30.2 Å². The minimum Gasteiger partial charge on any atom is -0.293 e. The Hall–Kier alpha value is -3.28. The van der Waals surface area contributed by atoms with E-state index in [0.717, 1.165) is 17.8 Å². The van der Waals surface area contributed by atoms with Gasteiger partial charge in [-0.25, -0.2) is 0 Å². The lowest BCUT2D eigenvalue weighted by molar-refractivity contribution is -0.384. The number of amides is 3. The van der Waals surface area contributed by atoms with Gasteiger partial charge >= 0.3 is 0 Å². The van der Waals surface area contributed by atoms with Crippen LogP contribution in [0.1, 0.15) is 28.8 Å². The predicted molar refractivity (Wildman–Crippen MR) is 129 cm³/mol. The number of halogens is 1. The Morgan fingerprint density at radius 2 is 1.94 bits per heavy atom. The van der Waals surface area contributed by atoms with Crippen LogP contribution in [0.15, 0.2) is 53.4 Å². The smallest absolute Gasteiger partial charge is 0.270 e. The fraction of sp³-hybridized carbons (Fsp3) is 0.143. The number of hydrazine groups is 1. The van der Waals surface area contributed by atoms with E-state index >= 15 is 0 Å². The SMILES string of the molecule is O=C(CCCN1C(=O)C(=Cc2ccccc2Cl)SC1=S)NNC(=O)c1cccc([N+](=O)[O-])c1. The van der Waals surface area contributed by atoms with Gasteiger partial charge < -0.3 is 0 Å². The molecule has 3 rings (SSSR count). The van der Waals surface area contributed by atoms with Gasteiger partial charge in [-0.15, -0.1) is 0 Å². The summed E-state index contributed by atoms with van der Waals surface area (Å²) in [4.78, 5) is 48.8. The first-order valence-electron chi connectivity index (χ1n) is 9.60. The molecule has 1 aliphatic rings. The summed E-state index contributed by atoms with van der Waals surface area (Å²) in [6.07, 6.45) is 2.01. The fourth-order valence-corrected chi connectivity index (χ4v) is 4.34. The van der Waals surface area contributed by atoms with Crippen LogP contribution < -0.4 is 10.9 Å². The number of hydrogen-bond donors (Lipinski definition) is 2. The minimum atomic E-state index is -0.686. The van der Waals surface area contributed by atoms with Gasteiger partial charge in [-0.3, -0.25) is 40.2 Å². The van der Waals surface area contributed by atoms with E-state index in [4.69, 9.17) is 23.8 Å². The Bertz CT molecular complexity index is 1170. The number of carbonyl (C=O) groups excluding carboxylic acids is 3. The third-order valence-corrected chi connectivity index (χ3v) is 6.21. The molecule has 2 N–H and O–H groups in total. The van der Waals surface area contributed by atoms with Crippen molar-refractivity contribution in [3.63, 3.8) is 0 Å². The number of thioether (sulfide) groups is 1. The lowest BCUT2D eigenvalue weighted by Crippen LogP contribution is -2.41. The summed E-state index contributed by atoms with van der Waals surface area (Å²) >= 11 is 12.6. The van der Waals surface area contributed by atoms with E-state index in [9.17, 15) is 24.5 Å². The number of nitro groups is 1. The Balaban J connectivity index is 1.47. The number of benzene rings is 2. The van der Waals surface area contributed by atoms with E-state index in [-0.39, 0.29) is 30.1 Å². The molecule has 33 heavy (non-hydrogen) atoms. The molecule has 9 nitrogen and oxygen atoms in total. The van der Waals surface area contributed by atoms with Gasteiger partial charge in [0.15, 0.2) is 0 Å². The molecule has 0 atom stereocenters. The van der Waals surface area contributed by atoms with Gasteiger partial charge in [0, 0.05) is 35.7 Å². The number of thiocarbonyl (C=S) groups is 1. The second-order valence-corrected chi connectivity index (χ2v) is 8.85. The number of non-ortho nitro benzene ring substituents is 1. The molecular weight excluding hydrogens is 488 g/mol. The van der Waals surface area contributed by atoms with E-state index in [0.29, 0.717) is 26.2 Å². The molecule has 1 aliphatic heterocycles. The van der Waals surface area contributed by atoms with Crippen LogP contribution in [0, 0.1) is 10.1 Å². The average Bonchev–Trinajstić information content (AvgIpc) is 3.06. The molecular formula is C21H17ClN4O5S2. The second kappa shape index (κ2) is 11.0. The zero-order valence-corrected chi connectivity index (χ0v) is 19.3. The van der Waals surface area contributed by atoms with Crippen molar-refractivity contribution in [3.05, 3.63) is 79.7 Å². The number of nitro benzene ring substituents is 1. The molecule has 12 heteroatoms. The summed E-state index contributed by atoms with van der Waals surface area (Å²) < 4.78 is 0.387. The summed E-state index contributed by atoms with van der Waals surface area (Å²) in [5.41, 5.74) is 4.96. The normalized spacial score (nSPS) is 14.5. The molecule has 0 saturated carbocycles. The maximum absolute atomic E-state index is 12.7. The zero-order chi connectivity index (χ0) is 24.0. The molecule has 0 radical (unpaired) electrons. The van der Waals surface area contributed by atoms with Crippen LogP contribution in [0.2, 0.25) is 5.02 Å². The Morgan fingerprint density at radius 3 is 2.67 bits per heavy atom. The predicted octanol–water partition coefficient (Wildman–Crippen LogP) is 3.69. The topological polar surface area (TPSA) is 122 Å². The monoisotopic (exact) mass is 504 g/mol. The standard InChI is InChI=1S/C21H17ClN4O5S2/c22-16-8-2-1-5-13(16)12-17-20(29)25(21(32)33-17)10-4-9-18(27)23-24-19(28)14-6-3-7-15(11-14)26(30)31/h1-3,5-8,11-12H,4,9-10H2,(H,23,27)(H,24,28). The number of rotatable bonds is 7. The number of nitrogens with one attached hydrogen (secondary N) is 2. The lowest BCUT2D eigenvalue weighted by Gasteiger charge is -2.14. The maximum Gasteiger partial charge on any atom is 0.270 e. The number of nitrogens with zero attached hydrogens (tertiary/aromatic N) is 2. The molecule has 0 aliphatic carbocycles. The van der Waals surface area contributed by atoms with Crippen molar-refractivity contribution in [1.82, 2.24) is 15.8 Å². The van der Waals surface area contributed by atoms with Crippen LogP contribution in [0.25, 0.3) is 6.08 Å². The molecule has 1 heterocycles. The van der Waals surface area contributed by atoms with E-state index in [2.05, 4.69) is 10.9 Å². The third kappa shape index (κ3) is 6.37. The first kappa shape index (κ1) is 24.4. The fourth-order valence-electron chi connectivity index (χ4n) is 2.85. The molecule has 0 bridgehead atoms. The van der Waals surface area contributed by atoms with Gasteiger partial charge in [0.1, 0.15) is 4.32 Å². The molecule has 0 unspecified atom stereocenters. The molecule has 0 aromatic heterocycles. The summed E-state index contributed by atoms with van der Waals surface area (Å²) in [5, 5.41) is 11.3. The van der Waals surface area contributed by atoms with Crippen LogP contribution >= 0.6 is 35.6 Å². The third-order valence-electron chi connectivity index (χ3n) is 4.49. The number of hydrogen-bond acceptors (Lipinski definition) is 7. The molecule has 2 aromatic carbocycles. The zero-order valence-electron chi connectivity index (χ0n) is 16.9. The van der Waals surface area contributed by atoms with Crippen LogP contribution in [-0.4, -0.2) is 38.4 Å². The van der Waals surface area contributed by atoms with Crippen molar-refractivity contribution in [2.75, 3.05) is 6.54 Å². The summed E-state index contributed by atoms with van der Waals surface area (Å²) in [6, 6.07) is 12.2. The first-order valence-corrected chi connectivity index (χ1v) is 11.2. The maximum atomic E-state index is 12.7. The van der Waals surface area contributed by atoms with E-state index in [1.165, 1.54) is 23.1 Å². The number of carbonyl (C=O) groups is 3. The van der Waals surface area contributed by atoms with Gasteiger partial charge in [-0.2, -0.15) is 0 Å². The quantitative estimate of drug-likeness (QED) is 0.255. The second-order valence-electron chi connectivity index (χ2n) is 6.77. The van der Waals surface area contributed by atoms with Crippen LogP contribution in [-0.2, 0) is 9.59 Å². The van der Waals surface area contributed by atoms with E-state index in [1.54, 1.807) is 24.3 Å². The van der Waals surface area contributed by atoms with Gasteiger partial charge in [0.05, 0.1) is 9.83 Å². The summed E-state index contributed by atoms with van der Waals surface area (Å²) in [7, 11) is 0. The first-order chi connectivity index (χ1) is 15.8. The molecule has 1 fully saturated rings. The molecule has 1 saturated heterocycles. The average molecular weight is 505 g/mol. The Kier molecular flexibility index (Phi) is 8.15. The molecule has 170 valence electrons. The lowest BCUT2D eigenvalue weighted by atomic mass is 10.2. The van der Waals surface area contributed by atoms with Crippen molar-refractivity contribution < 1.29 is 19.3 Å². The van der Waals surface area contributed by atoms with Gasteiger partial charge in [-0.1, -0.05) is 59.8 Å². The largest absolute Gasteiger partial charge is 0.293 e. The summed E-state index contributed by atoms with van der Waals surface area (Å²) in [6.45, 7) is 0.233. The Labute approximate surface area is 203 Å². The van der Waals surface area contributed by atoms with E-state index in [1.807, 2.05) is 6.07 Å². The van der Waals surface area contributed by atoms with Crippen molar-refractivity contribution in [1.29, 1.82) is 0 Å². The highest BCUT2D eigenvalue weighted by Crippen LogP contribution is 2.33. The van der Waals surface area contributed by atoms with E-state index < -0.39 is 16.7 Å². The highest BCUT2D eigenvalue weighted by atomic mass is 35.5. The highest BCUT2D eigenvalue weighted by molar-refractivity contribution is 8.26. The molecule has 3 amide bonds. The summed E-state index contributed by atoms with van der Waals surface area (Å²) in [5.74, 6) is -1.43. The van der Waals surface area contributed by atoms with Gasteiger partial charge in [0.25, 0.3) is 17.5 Å². The van der Waals surface area contributed by atoms with Crippen molar-refractivity contribution in [2.45, 2.75) is 12.8 Å². The van der Waals surface area contributed by atoms with Crippen molar-refractivity contribution in [2.24, 2.45) is 0 Å². The van der Waals surface area contributed by atoms with Crippen LogP contribution in [0.5, 0.6) is 0 Å². The minimum absolute atomic E-state index is 0.0236. The molecule has 2 aromatic rings. The molecule has 0 spiro atoms. The van der Waals surface area contributed by atoms with Crippen LogP contribution in [0.3, 0.4) is 0 Å². The van der Waals surface area contributed by atoms with Crippen molar-refractivity contribution in [3.8, 4) is 0 Å². The van der Waals surface area contributed by atoms with Crippen molar-refractivity contribution >= 4 is 69.4 Å². The highest BCUT2D eigenvalue weighted by Gasteiger charge is 2.31.